The van der Waals surface area contributed by atoms with Gasteiger partial charge in [-0.1, -0.05) is 12.1 Å². The molecule has 0 bridgehead atoms. The highest BCUT2D eigenvalue weighted by Gasteiger charge is 2.12. The van der Waals surface area contributed by atoms with E-state index < -0.39 is 6.10 Å². The summed E-state index contributed by atoms with van der Waals surface area (Å²) in [7, 11) is 5.82. The molecule has 0 aliphatic carbocycles. The van der Waals surface area contributed by atoms with Crippen molar-refractivity contribution in [2.45, 2.75) is 13.0 Å². The van der Waals surface area contributed by atoms with Gasteiger partial charge >= 0.3 is 0 Å². The predicted octanol–water partition coefficient (Wildman–Crippen LogP) is 1.31. The lowest BCUT2D eigenvalue weighted by atomic mass is 10.0. The van der Waals surface area contributed by atoms with Crippen LogP contribution < -0.4 is 10.2 Å². The van der Waals surface area contributed by atoms with Crippen molar-refractivity contribution >= 4 is 5.69 Å². The quantitative estimate of drug-likeness (QED) is 0.783. The molecule has 1 atom stereocenters. The Bertz CT molecular complexity index is 323. The molecule has 0 spiro atoms. The van der Waals surface area contributed by atoms with E-state index in [0.717, 1.165) is 11.3 Å². The smallest absolute Gasteiger partial charge is 0.0934 e. The van der Waals surface area contributed by atoms with Gasteiger partial charge in [0.05, 0.1) is 6.10 Å². The average molecular weight is 208 g/mol. The molecular weight excluding hydrogens is 188 g/mol. The molecule has 0 saturated heterocycles. The van der Waals surface area contributed by atoms with Crippen LogP contribution in [0.1, 0.15) is 17.2 Å². The van der Waals surface area contributed by atoms with Gasteiger partial charge in [0, 0.05) is 31.9 Å². The second-order valence-corrected chi connectivity index (χ2v) is 4.03. The zero-order valence-corrected chi connectivity index (χ0v) is 9.91. The van der Waals surface area contributed by atoms with Crippen molar-refractivity contribution in [2.24, 2.45) is 0 Å². The number of aryl methyl sites for hydroxylation is 1. The van der Waals surface area contributed by atoms with E-state index >= 15 is 0 Å². The van der Waals surface area contributed by atoms with Crippen LogP contribution in [-0.4, -0.2) is 32.8 Å². The van der Waals surface area contributed by atoms with Crippen molar-refractivity contribution in [1.82, 2.24) is 5.32 Å². The molecule has 2 N–H and O–H groups in total. The molecule has 1 aromatic rings. The molecule has 84 valence electrons. The summed E-state index contributed by atoms with van der Waals surface area (Å²) in [6, 6.07) is 6.11. The van der Waals surface area contributed by atoms with Gasteiger partial charge in [-0.2, -0.15) is 0 Å². The van der Waals surface area contributed by atoms with Gasteiger partial charge in [0.15, 0.2) is 0 Å². The number of likely N-dealkylation sites (N-methyl/N-ethyl adjacent to an activating group) is 1. The molecule has 0 fully saturated rings. The lowest BCUT2D eigenvalue weighted by Crippen LogP contribution is -2.20. The largest absolute Gasteiger partial charge is 0.387 e. The third-order valence-electron chi connectivity index (χ3n) is 2.42. The summed E-state index contributed by atoms with van der Waals surface area (Å²) < 4.78 is 0. The zero-order chi connectivity index (χ0) is 11.4. The van der Waals surface area contributed by atoms with E-state index in [0.29, 0.717) is 6.54 Å². The van der Waals surface area contributed by atoms with Gasteiger partial charge in [-0.25, -0.2) is 0 Å². The highest BCUT2D eigenvalue weighted by atomic mass is 16.3. The fraction of sp³-hybridized carbons (Fsp3) is 0.500. The van der Waals surface area contributed by atoms with E-state index in [4.69, 9.17) is 0 Å². The van der Waals surface area contributed by atoms with Crippen LogP contribution in [-0.2, 0) is 0 Å². The van der Waals surface area contributed by atoms with Crippen LogP contribution >= 0.6 is 0 Å². The van der Waals surface area contributed by atoms with E-state index in [9.17, 15) is 5.11 Å². The summed E-state index contributed by atoms with van der Waals surface area (Å²) >= 11 is 0. The molecule has 3 nitrogen and oxygen atoms in total. The summed E-state index contributed by atoms with van der Waals surface area (Å²) in [6.45, 7) is 2.63. The summed E-state index contributed by atoms with van der Waals surface area (Å²) in [5.41, 5.74) is 3.26. The van der Waals surface area contributed by atoms with E-state index in [1.54, 1.807) is 0 Å². The van der Waals surface area contributed by atoms with Crippen LogP contribution in [0.4, 0.5) is 5.69 Å². The van der Waals surface area contributed by atoms with Crippen molar-refractivity contribution in [3.05, 3.63) is 29.3 Å². The zero-order valence-electron chi connectivity index (χ0n) is 9.91. The lowest BCUT2D eigenvalue weighted by Gasteiger charge is -2.21. The van der Waals surface area contributed by atoms with Crippen molar-refractivity contribution in [2.75, 3.05) is 32.6 Å². The third-order valence-corrected chi connectivity index (χ3v) is 2.42. The molecule has 0 radical (unpaired) electrons. The van der Waals surface area contributed by atoms with Crippen molar-refractivity contribution < 1.29 is 5.11 Å². The Hall–Kier alpha value is -1.06. The number of rotatable bonds is 4. The van der Waals surface area contributed by atoms with E-state index in [1.807, 2.05) is 38.2 Å². The van der Waals surface area contributed by atoms with Gasteiger partial charge < -0.3 is 15.3 Å². The van der Waals surface area contributed by atoms with Gasteiger partial charge in [-0.3, -0.25) is 0 Å². The summed E-state index contributed by atoms with van der Waals surface area (Å²) in [4.78, 5) is 2.03. The summed E-state index contributed by atoms with van der Waals surface area (Å²) in [5.74, 6) is 0. The molecule has 0 saturated carbocycles. The Balaban J connectivity index is 3.05. The van der Waals surface area contributed by atoms with Crippen molar-refractivity contribution in [3.8, 4) is 0 Å². The van der Waals surface area contributed by atoms with Gasteiger partial charge in [-0.05, 0) is 25.6 Å². The van der Waals surface area contributed by atoms with Crippen LogP contribution in [0.2, 0.25) is 0 Å². The minimum Gasteiger partial charge on any atom is -0.387 e. The number of hydrogen-bond acceptors (Lipinski definition) is 3. The fourth-order valence-corrected chi connectivity index (χ4v) is 1.63. The molecule has 3 heteroatoms. The van der Waals surface area contributed by atoms with Gasteiger partial charge in [0.2, 0.25) is 0 Å². The van der Waals surface area contributed by atoms with Crippen LogP contribution in [0.15, 0.2) is 18.2 Å². The number of nitrogens with zero attached hydrogens (tertiary/aromatic N) is 1. The molecule has 0 heterocycles. The van der Waals surface area contributed by atoms with Gasteiger partial charge in [0.1, 0.15) is 0 Å². The Kier molecular flexibility index (Phi) is 4.12. The van der Waals surface area contributed by atoms with Crippen LogP contribution in [0.25, 0.3) is 0 Å². The van der Waals surface area contributed by atoms with Crippen LogP contribution in [0.5, 0.6) is 0 Å². The molecule has 15 heavy (non-hydrogen) atoms. The monoisotopic (exact) mass is 208 g/mol. The molecular formula is C12H20N2O. The first-order valence-corrected chi connectivity index (χ1v) is 5.16. The topological polar surface area (TPSA) is 35.5 Å². The Morgan fingerprint density at radius 1 is 1.40 bits per heavy atom. The Morgan fingerprint density at radius 2 is 2.07 bits per heavy atom. The van der Waals surface area contributed by atoms with Gasteiger partial charge in [0.25, 0.3) is 0 Å². The minimum atomic E-state index is -0.451. The summed E-state index contributed by atoms with van der Waals surface area (Å²) in [5, 5.41) is 12.9. The normalized spacial score (nSPS) is 12.6. The molecule has 0 amide bonds. The number of nitrogens with one attached hydrogen (secondary N) is 1. The molecule has 0 aliphatic heterocycles. The van der Waals surface area contributed by atoms with Crippen molar-refractivity contribution in [1.29, 1.82) is 0 Å². The second kappa shape index (κ2) is 5.14. The minimum absolute atomic E-state index is 0.451. The fourth-order valence-electron chi connectivity index (χ4n) is 1.63. The Labute approximate surface area is 91.7 Å². The molecule has 0 aromatic heterocycles. The predicted molar refractivity (Wildman–Crippen MR) is 64.4 cm³/mol. The van der Waals surface area contributed by atoms with Crippen LogP contribution in [0, 0.1) is 6.92 Å². The van der Waals surface area contributed by atoms with Gasteiger partial charge in [-0.15, -0.1) is 0 Å². The number of benzene rings is 1. The highest BCUT2D eigenvalue weighted by Crippen LogP contribution is 2.25. The summed E-state index contributed by atoms with van der Waals surface area (Å²) in [6.07, 6.45) is -0.451. The standard InChI is InChI=1S/C12H20N2O/c1-9-5-6-10(12(15)8-13-2)11(7-9)14(3)4/h5-7,12-13,15H,8H2,1-4H3. The van der Waals surface area contributed by atoms with E-state index in [-0.39, 0.29) is 0 Å². The number of anilines is 1. The molecule has 1 aromatic carbocycles. The number of hydrogen-bond donors (Lipinski definition) is 2. The first kappa shape index (κ1) is 12.0. The molecule has 1 rings (SSSR count). The van der Waals surface area contributed by atoms with E-state index in [2.05, 4.69) is 18.3 Å². The average Bonchev–Trinajstić information content (AvgIpc) is 2.17. The maximum atomic E-state index is 9.95. The number of aliphatic hydroxyl groups is 1. The third kappa shape index (κ3) is 2.94. The SMILES string of the molecule is CNCC(O)c1ccc(C)cc1N(C)C. The first-order chi connectivity index (χ1) is 7.06. The van der Waals surface area contributed by atoms with Crippen molar-refractivity contribution in [3.63, 3.8) is 0 Å². The first-order valence-electron chi connectivity index (χ1n) is 5.16. The highest BCUT2D eigenvalue weighted by molar-refractivity contribution is 5.55. The second-order valence-electron chi connectivity index (χ2n) is 4.03. The number of aliphatic hydroxyl groups excluding tert-OH is 1. The maximum Gasteiger partial charge on any atom is 0.0934 e. The lowest BCUT2D eigenvalue weighted by molar-refractivity contribution is 0.178. The molecule has 1 unspecified atom stereocenters. The Morgan fingerprint density at radius 3 is 2.60 bits per heavy atom. The van der Waals surface area contributed by atoms with E-state index in [1.165, 1.54) is 5.56 Å². The van der Waals surface area contributed by atoms with Crippen LogP contribution in [0.3, 0.4) is 0 Å². The maximum absolute atomic E-state index is 9.95. The molecule has 0 aliphatic rings.